The van der Waals surface area contributed by atoms with E-state index in [9.17, 15) is 14.7 Å². The summed E-state index contributed by atoms with van der Waals surface area (Å²) in [4.78, 5) is 26.7. The summed E-state index contributed by atoms with van der Waals surface area (Å²) in [5, 5.41) is 18.4. The number of hydrogen-bond acceptors (Lipinski definition) is 3. The zero-order valence-electron chi connectivity index (χ0n) is 11.1. The lowest BCUT2D eigenvalue weighted by Gasteiger charge is -2.32. The minimum Gasteiger partial charge on any atom is -0.481 e. The fourth-order valence-corrected chi connectivity index (χ4v) is 2.94. The number of carboxylic acids is 1. The molecular weight excluding hydrogens is 248 g/mol. The van der Waals surface area contributed by atoms with Gasteiger partial charge in [0, 0.05) is 19.6 Å². The van der Waals surface area contributed by atoms with Crippen LogP contribution in [0.4, 0.5) is 4.79 Å². The number of carbonyl (C=O) groups is 2. The maximum absolute atomic E-state index is 12.4. The molecule has 2 amide bonds. The highest BCUT2D eigenvalue weighted by Crippen LogP contribution is 2.22. The number of carbonyl (C=O) groups excluding carboxylic acids is 1. The summed E-state index contributed by atoms with van der Waals surface area (Å²) in [5.74, 6) is -1.27. The molecule has 6 heteroatoms. The Morgan fingerprint density at radius 3 is 2.53 bits per heavy atom. The molecule has 6 nitrogen and oxygen atoms in total. The van der Waals surface area contributed by atoms with E-state index in [0.717, 1.165) is 25.7 Å². The maximum Gasteiger partial charge on any atom is 0.320 e. The van der Waals surface area contributed by atoms with Gasteiger partial charge in [0.2, 0.25) is 0 Å². The quantitative estimate of drug-likeness (QED) is 0.776. The molecule has 0 aromatic heterocycles. The average molecular weight is 270 g/mol. The van der Waals surface area contributed by atoms with E-state index in [2.05, 4.69) is 0 Å². The average Bonchev–Trinajstić information content (AvgIpc) is 2.77. The number of urea groups is 1. The van der Waals surface area contributed by atoms with Crippen LogP contribution < -0.4 is 0 Å². The first-order valence-electron chi connectivity index (χ1n) is 7.02. The van der Waals surface area contributed by atoms with Gasteiger partial charge < -0.3 is 20.0 Å². The Balaban J connectivity index is 1.99. The Kier molecular flexibility index (Phi) is 4.63. The van der Waals surface area contributed by atoms with E-state index in [1.54, 1.807) is 9.80 Å². The van der Waals surface area contributed by atoms with Crippen LogP contribution in [0.5, 0.6) is 0 Å². The van der Waals surface area contributed by atoms with Crippen LogP contribution in [0.1, 0.15) is 32.1 Å². The highest BCUT2D eigenvalue weighted by molar-refractivity contribution is 5.77. The second kappa shape index (κ2) is 6.23. The van der Waals surface area contributed by atoms with Crippen molar-refractivity contribution in [3.8, 4) is 0 Å². The number of aliphatic hydroxyl groups is 1. The number of aliphatic hydroxyl groups excluding tert-OH is 1. The molecule has 19 heavy (non-hydrogen) atoms. The van der Waals surface area contributed by atoms with Gasteiger partial charge in [-0.15, -0.1) is 0 Å². The fourth-order valence-electron chi connectivity index (χ4n) is 2.94. The number of amides is 2. The van der Waals surface area contributed by atoms with Crippen LogP contribution in [0.3, 0.4) is 0 Å². The molecule has 2 saturated heterocycles. The Bertz CT molecular complexity index is 348. The summed E-state index contributed by atoms with van der Waals surface area (Å²) in [7, 11) is 0. The van der Waals surface area contributed by atoms with Gasteiger partial charge in [-0.2, -0.15) is 0 Å². The monoisotopic (exact) mass is 270 g/mol. The van der Waals surface area contributed by atoms with Gasteiger partial charge in [0.05, 0.1) is 18.6 Å². The molecule has 0 saturated carbocycles. The second-order valence-corrected chi connectivity index (χ2v) is 5.43. The molecule has 0 spiro atoms. The van der Waals surface area contributed by atoms with Gasteiger partial charge in [-0.3, -0.25) is 4.79 Å². The molecule has 2 N–H and O–H groups in total. The van der Waals surface area contributed by atoms with Crippen LogP contribution in [-0.2, 0) is 4.79 Å². The van der Waals surface area contributed by atoms with Gasteiger partial charge in [0.25, 0.3) is 0 Å². The van der Waals surface area contributed by atoms with Gasteiger partial charge in [0.15, 0.2) is 0 Å². The number of hydrogen-bond donors (Lipinski definition) is 2. The van der Waals surface area contributed by atoms with Gasteiger partial charge in [-0.25, -0.2) is 4.79 Å². The third-order valence-electron chi connectivity index (χ3n) is 4.14. The Labute approximate surface area is 113 Å². The fraction of sp³-hybridized carbons (Fsp3) is 0.846. The number of rotatable bonds is 2. The van der Waals surface area contributed by atoms with Gasteiger partial charge >= 0.3 is 12.0 Å². The molecule has 2 aliphatic rings. The first kappa shape index (κ1) is 14.1. The lowest BCUT2D eigenvalue weighted by atomic mass is 10.1. The summed E-state index contributed by atoms with van der Waals surface area (Å²) in [6.45, 7) is 1.45. The van der Waals surface area contributed by atoms with Crippen LogP contribution in [0.2, 0.25) is 0 Å². The Morgan fingerprint density at radius 2 is 1.89 bits per heavy atom. The first-order chi connectivity index (χ1) is 9.13. The third kappa shape index (κ3) is 3.18. The molecule has 2 aliphatic heterocycles. The van der Waals surface area contributed by atoms with Crippen LogP contribution in [0.25, 0.3) is 0 Å². The molecule has 0 aliphatic carbocycles. The standard InChI is InChI=1S/C13H22N2O4/c16-9-11-4-2-1-3-6-15(11)13(19)14-7-5-10(8-14)12(17)18/h10-11,16H,1-9H2,(H,17,18). The van der Waals surface area contributed by atoms with Crippen molar-refractivity contribution < 1.29 is 19.8 Å². The largest absolute Gasteiger partial charge is 0.481 e. The molecule has 2 fully saturated rings. The topological polar surface area (TPSA) is 81.1 Å². The molecule has 2 atom stereocenters. The zero-order valence-corrected chi connectivity index (χ0v) is 11.1. The first-order valence-corrected chi connectivity index (χ1v) is 7.02. The number of nitrogens with zero attached hydrogens (tertiary/aromatic N) is 2. The third-order valence-corrected chi connectivity index (χ3v) is 4.14. The van der Waals surface area contributed by atoms with E-state index in [4.69, 9.17) is 5.11 Å². The summed E-state index contributed by atoms with van der Waals surface area (Å²) < 4.78 is 0. The Hall–Kier alpha value is -1.30. The van der Waals surface area contributed by atoms with Crippen LogP contribution in [0, 0.1) is 5.92 Å². The van der Waals surface area contributed by atoms with E-state index in [-0.39, 0.29) is 18.7 Å². The van der Waals surface area contributed by atoms with E-state index in [0.29, 0.717) is 26.1 Å². The van der Waals surface area contributed by atoms with Crippen LogP contribution in [-0.4, -0.2) is 64.3 Å². The zero-order chi connectivity index (χ0) is 13.8. The van der Waals surface area contributed by atoms with Crippen molar-refractivity contribution in [3.05, 3.63) is 0 Å². The van der Waals surface area contributed by atoms with Crippen molar-refractivity contribution in [3.63, 3.8) is 0 Å². The molecule has 0 bridgehead atoms. The summed E-state index contributed by atoms with van der Waals surface area (Å²) in [5.41, 5.74) is 0. The minimum atomic E-state index is -0.829. The van der Waals surface area contributed by atoms with Crippen molar-refractivity contribution >= 4 is 12.0 Å². The number of carboxylic acid groups (broad SMARTS) is 1. The molecule has 2 heterocycles. The van der Waals surface area contributed by atoms with Crippen molar-refractivity contribution in [2.45, 2.75) is 38.1 Å². The number of likely N-dealkylation sites (tertiary alicyclic amines) is 2. The predicted octanol–water partition coefficient (Wildman–Crippen LogP) is 0.750. The number of aliphatic carboxylic acids is 1. The highest BCUT2D eigenvalue weighted by Gasteiger charge is 2.35. The van der Waals surface area contributed by atoms with Crippen molar-refractivity contribution in [2.75, 3.05) is 26.2 Å². The van der Waals surface area contributed by atoms with Crippen molar-refractivity contribution in [2.24, 2.45) is 5.92 Å². The predicted molar refractivity (Wildman–Crippen MR) is 68.8 cm³/mol. The lowest BCUT2D eigenvalue weighted by Crippen LogP contribution is -2.48. The Morgan fingerprint density at radius 1 is 1.11 bits per heavy atom. The second-order valence-electron chi connectivity index (χ2n) is 5.43. The summed E-state index contributed by atoms with van der Waals surface area (Å²) >= 11 is 0. The van der Waals surface area contributed by atoms with Crippen LogP contribution >= 0.6 is 0 Å². The van der Waals surface area contributed by atoms with E-state index in [1.165, 1.54) is 0 Å². The van der Waals surface area contributed by atoms with E-state index >= 15 is 0 Å². The van der Waals surface area contributed by atoms with Crippen molar-refractivity contribution in [1.82, 2.24) is 9.80 Å². The minimum absolute atomic E-state index is 0.0120. The van der Waals surface area contributed by atoms with Gasteiger partial charge in [0.1, 0.15) is 0 Å². The smallest absolute Gasteiger partial charge is 0.320 e. The summed E-state index contributed by atoms with van der Waals surface area (Å²) in [6.07, 6.45) is 4.43. The maximum atomic E-state index is 12.4. The molecule has 0 aromatic carbocycles. The molecule has 0 aromatic rings. The van der Waals surface area contributed by atoms with Crippen LogP contribution in [0.15, 0.2) is 0 Å². The molecule has 108 valence electrons. The molecule has 2 unspecified atom stereocenters. The van der Waals surface area contributed by atoms with Gasteiger partial charge in [-0.1, -0.05) is 12.8 Å². The van der Waals surface area contributed by atoms with E-state index < -0.39 is 11.9 Å². The van der Waals surface area contributed by atoms with Crippen molar-refractivity contribution in [1.29, 1.82) is 0 Å². The molecular formula is C13H22N2O4. The normalized spacial score (nSPS) is 28.3. The lowest BCUT2D eigenvalue weighted by molar-refractivity contribution is -0.141. The molecule has 2 rings (SSSR count). The van der Waals surface area contributed by atoms with E-state index in [1.807, 2.05) is 0 Å². The molecule has 0 radical (unpaired) electrons. The van der Waals surface area contributed by atoms with Gasteiger partial charge in [-0.05, 0) is 19.3 Å². The SMILES string of the molecule is O=C(O)C1CCN(C(=O)N2CCCCCC2CO)C1. The highest BCUT2D eigenvalue weighted by atomic mass is 16.4. The summed E-state index contributed by atoms with van der Waals surface area (Å²) in [6, 6.07) is -0.219.